The van der Waals surface area contributed by atoms with Crippen LogP contribution < -0.4 is 21.6 Å². The molecule has 0 fully saturated rings. The number of esters is 1. The van der Waals surface area contributed by atoms with E-state index < -0.39 is 13.3 Å². The fourth-order valence-corrected chi connectivity index (χ4v) is 9.38. The van der Waals surface area contributed by atoms with Crippen LogP contribution in [0, 0.1) is 0 Å². The minimum absolute atomic E-state index is 0.310. The van der Waals surface area contributed by atoms with Crippen molar-refractivity contribution in [2.24, 2.45) is 5.73 Å². The molecule has 0 saturated carbocycles. The standard InChI is InChI=1S/C27H34NO2PS/c28-26(22-32)27(29)30-20-12-1-2-13-21-31(23-14-6-3-7-15-23,24-16-8-4-9-17-24)25-18-10-5-11-19-25/h3-11,14-19,26,31-32H,1-2,12-13,20-22,28H2. The summed E-state index contributed by atoms with van der Waals surface area (Å²) in [7, 11) is -2.14. The normalized spacial score (nSPS) is 12.8. The number of hydrogen-bond donors (Lipinski definition) is 2. The number of thiol groups is 1. The summed E-state index contributed by atoms with van der Waals surface area (Å²) in [4.78, 5) is 11.7. The topological polar surface area (TPSA) is 52.3 Å². The van der Waals surface area contributed by atoms with Crippen LogP contribution in [0.1, 0.15) is 25.7 Å². The molecule has 5 heteroatoms. The molecule has 3 aromatic carbocycles. The molecular weight excluding hydrogens is 433 g/mol. The summed E-state index contributed by atoms with van der Waals surface area (Å²) in [5.41, 5.74) is 5.65. The first-order valence-electron chi connectivity index (χ1n) is 11.4. The Morgan fingerprint density at radius 2 is 1.19 bits per heavy atom. The van der Waals surface area contributed by atoms with Gasteiger partial charge in [-0.2, -0.15) is 0 Å². The van der Waals surface area contributed by atoms with Crippen LogP contribution in [0.25, 0.3) is 0 Å². The molecule has 32 heavy (non-hydrogen) atoms. The van der Waals surface area contributed by atoms with E-state index in [4.69, 9.17) is 10.5 Å². The van der Waals surface area contributed by atoms with Gasteiger partial charge in [0.15, 0.2) is 0 Å². The van der Waals surface area contributed by atoms with E-state index in [1.807, 2.05) is 0 Å². The molecule has 3 aromatic rings. The molecule has 0 radical (unpaired) electrons. The van der Waals surface area contributed by atoms with Gasteiger partial charge in [-0.1, -0.05) is 0 Å². The summed E-state index contributed by atoms with van der Waals surface area (Å²) >= 11 is 4.04. The molecule has 0 aliphatic heterocycles. The van der Waals surface area contributed by atoms with E-state index in [1.54, 1.807) is 0 Å². The van der Waals surface area contributed by atoms with Crippen molar-refractivity contribution in [1.29, 1.82) is 0 Å². The summed E-state index contributed by atoms with van der Waals surface area (Å²) < 4.78 is 5.25. The van der Waals surface area contributed by atoms with Crippen LogP contribution in [0.5, 0.6) is 0 Å². The van der Waals surface area contributed by atoms with Gasteiger partial charge in [0.25, 0.3) is 0 Å². The Bertz CT molecular complexity index is 841. The number of unbranched alkanes of at least 4 members (excludes halogenated alkanes) is 3. The Labute approximate surface area is 198 Å². The minimum atomic E-state index is -2.14. The van der Waals surface area contributed by atoms with Gasteiger partial charge >= 0.3 is 198 Å². The van der Waals surface area contributed by atoms with Crippen LogP contribution in [0.2, 0.25) is 0 Å². The van der Waals surface area contributed by atoms with E-state index >= 15 is 0 Å². The predicted molar refractivity (Wildman–Crippen MR) is 143 cm³/mol. The van der Waals surface area contributed by atoms with Crippen molar-refractivity contribution < 1.29 is 9.53 Å². The number of ether oxygens (including phenoxy) is 1. The van der Waals surface area contributed by atoms with E-state index in [9.17, 15) is 4.79 Å². The fourth-order valence-electron chi connectivity index (χ4n) is 4.30. The Kier molecular flexibility index (Phi) is 9.80. The predicted octanol–water partition coefficient (Wildman–Crippen LogP) is 4.07. The summed E-state index contributed by atoms with van der Waals surface area (Å²) in [5.74, 6) is -0.0482. The second kappa shape index (κ2) is 12.8. The van der Waals surface area contributed by atoms with Crippen molar-refractivity contribution in [2.45, 2.75) is 31.7 Å². The SMILES string of the molecule is NC(CS)C(=O)OCCCCCC[PH](c1ccccc1)(c1ccccc1)c1ccccc1. The molecule has 0 aromatic heterocycles. The van der Waals surface area contributed by atoms with E-state index in [0.717, 1.165) is 31.8 Å². The molecule has 3 rings (SSSR count). The third kappa shape index (κ3) is 6.22. The van der Waals surface area contributed by atoms with Gasteiger partial charge in [0.1, 0.15) is 0 Å². The first kappa shape index (κ1) is 24.5. The Balaban J connectivity index is 1.72. The Morgan fingerprint density at radius 3 is 1.62 bits per heavy atom. The van der Waals surface area contributed by atoms with Gasteiger partial charge in [0.05, 0.1) is 0 Å². The quantitative estimate of drug-likeness (QED) is 0.183. The molecule has 0 bridgehead atoms. The van der Waals surface area contributed by atoms with Crippen LogP contribution in [-0.2, 0) is 9.53 Å². The number of nitrogens with two attached hydrogens (primary N) is 1. The molecule has 0 heterocycles. The molecule has 170 valence electrons. The molecule has 0 aliphatic rings. The molecule has 0 amide bonds. The molecule has 0 spiro atoms. The summed E-state index contributed by atoms with van der Waals surface area (Å²) in [6.07, 6.45) is 5.29. The molecule has 1 atom stereocenters. The average molecular weight is 468 g/mol. The molecular formula is C27H34NO2PS. The molecule has 0 aliphatic carbocycles. The molecule has 3 nitrogen and oxygen atoms in total. The molecule has 1 unspecified atom stereocenters. The van der Waals surface area contributed by atoms with E-state index in [0.29, 0.717) is 12.4 Å². The maximum atomic E-state index is 11.7. The first-order valence-corrected chi connectivity index (χ1v) is 14.2. The number of hydrogen-bond acceptors (Lipinski definition) is 4. The number of carbonyl (C=O) groups excluding carboxylic acids is 1. The monoisotopic (exact) mass is 467 g/mol. The van der Waals surface area contributed by atoms with Crippen molar-refractivity contribution in [1.82, 2.24) is 0 Å². The van der Waals surface area contributed by atoms with Crippen molar-refractivity contribution >= 4 is 41.8 Å². The number of benzene rings is 3. The van der Waals surface area contributed by atoms with Crippen molar-refractivity contribution in [3.63, 3.8) is 0 Å². The van der Waals surface area contributed by atoms with Gasteiger partial charge in [-0.25, -0.2) is 0 Å². The third-order valence-corrected chi connectivity index (χ3v) is 11.4. The summed E-state index contributed by atoms with van der Waals surface area (Å²) in [5, 5.41) is 4.35. The van der Waals surface area contributed by atoms with Crippen molar-refractivity contribution in [3.8, 4) is 0 Å². The van der Waals surface area contributed by atoms with Crippen LogP contribution in [0.4, 0.5) is 0 Å². The van der Waals surface area contributed by atoms with Gasteiger partial charge in [0, 0.05) is 0 Å². The molecule has 0 saturated heterocycles. The first-order chi connectivity index (χ1) is 15.7. The zero-order valence-electron chi connectivity index (χ0n) is 18.5. The second-order valence-electron chi connectivity index (χ2n) is 8.12. The maximum absolute atomic E-state index is 11.7. The zero-order valence-corrected chi connectivity index (χ0v) is 20.4. The van der Waals surface area contributed by atoms with Crippen molar-refractivity contribution in [2.75, 3.05) is 18.5 Å². The van der Waals surface area contributed by atoms with E-state index in [2.05, 4.69) is 104 Å². The van der Waals surface area contributed by atoms with E-state index in [1.165, 1.54) is 15.9 Å². The number of rotatable bonds is 12. The summed E-state index contributed by atoms with van der Waals surface area (Å²) in [6, 6.07) is 32.4. The fraction of sp³-hybridized carbons (Fsp3) is 0.296. The Hall–Kier alpha value is -2.13. The van der Waals surface area contributed by atoms with Crippen molar-refractivity contribution in [3.05, 3.63) is 91.0 Å². The zero-order chi connectivity index (χ0) is 22.7. The second-order valence-corrected chi connectivity index (χ2v) is 12.5. The van der Waals surface area contributed by atoms with Gasteiger partial charge in [0.2, 0.25) is 0 Å². The van der Waals surface area contributed by atoms with Gasteiger partial charge in [-0.15, -0.1) is 0 Å². The van der Waals surface area contributed by atoms with Crippen LogP contribution in [-0.4, -0.2) is 30.5 Å². The summed E-state index contributed by atoms with van der Waals surface area (Å²) in [6.45, 7) is 0.430. The molecule has 2 N–H and O–H groups in total. The van der Waals surface area contributed by atoms with Crippen LogP contribution >= 0.6 is 19.9 Å². The van der Waals surface area contributed by atoms with Gasteiger partial charge in [-0.05, 0) is 0 Å². The number of carbonyl (C=O) groups is 1. The van der Waals surface area contributed by atoms with Gasteiger partial charge in [-0.3, -0.25) is 0 Å². The third-order valence-electron chi connectivity index (χ3n) is 5.99. The average Bonchev–Trinajstić information content (AvgIpc) is 2.87. The Morgan fingerprint density at radius 1 is 0.750 bits per heavy atom. The van der Waals surface area contributed by atoms with Crippen LogP contribution in [0.3, 0.4) is 0 Å². The van der Waals surface area contributed by atoms with E-state index in [-0.39, 0.29) is 5.97 Å². The van der Waals surface area contributed by atoms with Crippen LogP contribution in [0.15, 0.2) is 91.0 Å². The van der Waals surface area contributed by atoms with Gasteiger partial charge < -0.3 is 0 Å².